The smallest absolute Gasteiger partial charge is 0.226 e. The molecular weight excluding hydrogens is 464 g/mol. The van der Waals surface area contributed by atoms with Gasteiger partial charge in [0.15, 0.2) is 10.1 Å². The lowest BCUT2D eigenvalue weighted by Gasteiger charge is -2.01. The molecule has 0 spiro atoms. The Kier molecular flexibility index (Phi) is 5.82. The third-order valence-corrected chi connectivity index (χ3v) is 7.02. The molecule has 0 saturated carbocycles. The van der Waals surface area contributed by atoms with Crippen LogP contribution in [0.2, 0.25) is 5.02 Å². The summed E-state index contributed by atoms with van der Waals surface area (Å²) in [6, 6.07) is 13.4. The van der Waals surface area contributed by atoms with Crippen LogP contribution >= 0.6 is 34.3 Å². The van der Waals surface area contributed by atoms with Crippen molar-refractivity contribution >= 4 is 60.5 Å². The van der Waals surface area contributed by atoms with Crippen LogP contribution in [0.3, 0.4) is 0 Å². The summed E-state index contributed by atoms with van der Waals surface area (Å²) in [5.74, 6) is 0.743. The molecular formula is C23H19ClN4O2S2. The molecule has 0 atom stereocenters. The number of thiazole rings is 2. The van der Waals surface area contributed by atoms with Crippen molar-refractivity contribution in [2.45, 2.75) is 19.8 Å². The van der Waals surface area contributed by atoms with Crippen molar-refractivity contribution in [2.24, 2.45) is 0 Å². The number of halogens is 1. The molecule has 3 aromatic heterocycles. The number of nitrogens with zero attached hydrogens (tertiary/aromatic N) is 3. The van der Waals surface area contributed by atoms with Crippen molar-refractivity contribution in [3.05, 3.63) is 64.8 Å². The van der Waals surface area contributed by atoms with Gasteiger partial charge in [-0.25, -0.2) is 9.97 Å². The second kappa shape index (κ2) is 8.90. The minimum Gasteiger partial charge on any atom is -0.494 e. The topological polar surface area (TPSA) is 68.5 Å². The Morgan fingerprint density at radius 1 is 1.19 bits per heavy atom. The third kappa shape index (κ3) is 4.34. The van der Waals surface area contributed by atoms with Crippen LogP contribution in [-0.2, 0) is 11.2 Å². The Hall–Kier alpha value is -2.94. The van der Waals surface area contributed by atoms with Crippen molar-refractivity contribution in [2.75, 3.05) is 11.9 Å². The van der Waals surface area contributed by atoms with Crippen LogP contribution in [0.25, 0.3) is 26.4 Å². The van der Waals surface area contributed by atoms with E-state index in [1.165, 1.54) is 11.3 Å². The molecule has 0 unspecified atom stereocenters. The maximum Gasteiger partial charge on any atom is 0.226 e. The molecule has 5 rings (SSSR count). The van der Waals surface area contributed by atoms with E-state index in [1.54, 1.807) is 11.3 Å². The molecule has 1 N–H and O–H groups in total. The third-order valence-electron chi connectivity index (χ3n) is 4.95. The number of benzene rings is 2. The summed E-state index contributed by atoms with van der Waals surface area (Å²) in [6.07, 6.45) is 2.98. The summed E-state index contributed by atoms with van der Waals surface area (Å²) in [4.78, 5) is 22.6. The van der Waals surface area contributed by atoms with Gasteiger partial charge in [0.2, 0.25) is 5.91 Å². The Morgan fingerprint density at radius 3 is 2.84 bits per heavy atom. The van der Waals surface area contributed by atoms with Gasteiger partial charge in [-0.2, -0.15) is 0 Å². The van der Waals surface area contributed by atoms with Gasteiger partial charge in [0.25, 0.3) is 0 Å². The van der Waals surface area contributed by atoms with Crippen LogP contribution in [0, 0.1) is 0 Å². The first-order valence-electron chi connectivity index (χ1n) is 10.1. The number of amides is 1. The molecule has 9 heteroatoms. The summed E-state index contributed by atoms with van der Waals surface area (Å²) in [6.45, 7) is 2.56. The Morgan fingerprint density at radius 2 is 2.03 bits per heavy atom. The lowest BCUT2D eigenvalue weighted by atomic mass is 10.2. The van der Waals surface area contributed by atoms with E-state index < -0.39 is 0 Å². The van der Waals surface area contributed by atoms with E-state index in [1.807, 2.05) is 61.0 Å². The Balaban J connectivity index is 1.25. The molecule has 3 heterocycles. The number of rotatable bonds is 7. The molecule has 0 radical (unpaired) electrons. The number of hydrogen-bond acceptors (Lipinski definition) is 6. The van der Waals surface area contributed by atoms with Crippen molar-refractivity contribution in [3.63, 3.8) is 0 Å². The SMILES string of the molecule is CCOc1ccc2nc(NC(=O)CCc3csc4nc(-c5ccc(Cl)cc5)cn34)sc2c1. The first kappa shape index (κ1) is 20.9. The molecule has 2 aromatic carbocycles. The van der Waals surface area contributed by atoms with Crippen LogP contribution in [0.1, 0.15) is 19.0 Å². The van der Waals surface area contributed by atoms with E-state index in [0.717, 1.165) is 37.9 Å². The monoisotopic (exact) mass is 482 g/mol. The first-order valence-corrected chi connectivity index (χ1v) is 12.2. The zero-order valence-electron chi connectivity index (χ0n) is 17.2. The number of anilines is 1. The largest absolute Gasteiger partial charge is 0.494 e. The average molecular weight is 483 g/mol. The van der Waals surface area contributed by atoms with E-state index in [0.29, 0.717) is 29.6 Å². The van der Waals surface area contributed by atoms with Gasteiger partial charge in [-0.15, -0.1) is 11.3 Å². The minimum absolute atomic E-state index is 0.0634. The number of hydrogen-bond donors (Lipinski definition) is 1. The lowest BCUT2D eigenvalue weighted by molar-refractivity contribution is -0.116. The molecule has 0 aliphatic heterocycles. The first-order chi connectivity index (χ1) is 15.6. The maximum atomic E-state index is 12.5. The summed E-state index contributed by atoms with van der Waals surface area (Å²) in [7, 11) is 0. The fourth-order valence-electron chi connectivity index (χ4n) is 3.41. The highest BCUT2D eigenvalue weighted by atomic mass is 35.5. The minimum atomic E-state index is -0.0634. The number of fused-ring (bicyclic) bond motifs is 2. The van der Waals surface area contributed by atoms with Gasteiger partial charge in [-0.1, -0.05) is 35.1 Å². The lowest BCUT2D eigenvalue weighted by Crippen LogP contribution is -2.12. The Bertz CT molecular complexity index is 1400. The standard InChI is InChI=1S/C23H19ClN4O2S2/c1-2-30-17-8-9-18-20(11-17)32-22(25-18)27-21(29)10-7-16-13-31-23-26-19(12-28(16)23)14-3-5-15(24)6-4-14/h3-6,8-9,11-13H,2,7,10H2,1H3,(H,25,27,29). The van der Waals surface area contributed by atoms with Gasteiger partial charge in [0, 0.05) is 34.3 Å². The number of carbonyl (C=O) groups excluding carboxylic acids is 1. The molecule has 162 valence electrons. The number of aromatic nitrogens is 3. The fraction of sp³-hybridized carbons (Fsp3) is 0.174. The van der Waals surface area contributed by atoms with Gasteiger partial charge in [-0.05, 0) is 43.7 Å². The van der Waals surface area contributed by atoms with E-state index in [9.17, 15) is 4.79 Å². The molecule has 0 saturated heterocycles. The van der Waals surface area contributed by atoms with Crippen LogP contribution in [-0.4, -0.2) is 26.9 Å². The predicted octanol–water partition coefficient (Wildman–Crippen LogP) is 6.30. The summed E-state index contributed by atoms with van der Waals surface area (Å²) >= 11 is 9.00. The number of imidazole rings is 1. The molecule has 6 nitrogen and oxygen atoms in total. The van der Waals surface area contributed by atoms with Crippen molar-refractivity contribution < 1.29 is 9.53 Å². The van der Waals surface area contributed by atoms with Gasteiger partial charge in [-0.3, -0.25) is 9.20 Å². The van der Waals surface area contributed by atoms with Crippen molar-refractivity contribution in [3.8, 4) is 17.0 Å². The normalized spacial score (nSPS) is 11.3. The highest BCUT2D eigenvalue weighted by molar-refractivity contribution is 7.22. The summed E-state index contributed by atoms with van der Waals surface area (Å²) in [5.41, 5.74) is 3.80. The highest BCUT2D eigenvalue weighted by Crippen LogP contribution is 2.30. The molecule has 5 aromatic rings. The second-order valence-electron chi connectivity index (χ2n) is 7.14. The number of ether oxygens (including phenoxy) is 1. The number of nitrogens with one attached hydrogen (secondary N) is 1. The zero-order valence-corrected chi connectivity index (χ0v) is 19.6. The average Bonchev–Trinajstić information content (AvgIpc) is 3.47. The van der Waals surface area contributed by atoms with E-state index in [4.69, 9.17) is 21.3 Å². The number of carbonyl (C=O) groups is 1. The van der Waals surface area contributed by atoms with E-state index >= 15 is 0 Å². The summed E-state index contributed by atoms with van der Waals surface area (Å²) < 4.78 is 8.57. The van der Waals surface area contributed by atoms with Gasteiger partial charge in [0.1, 0.15) is 5.75 Å². The second-order valence-corrected chi connectivity index (χ2v) is 9.45. The molecule has 0 fully saturated rings. The van der Waals surface area contributed by atoms with Crippen LogP contribution in [0.4, 0.5) is 5.13 Å². The quantitative estimate of drug-likeness (QED) is 0.295. The van der Waals surface area contributed by atoms with E-state index in [-0.39, 0.29) is 5.91 Å². The van der Waals surface area contributed by atoms with Crippen LogP contribution < -0.4 is 10.1 Å². The van der Waals surface area contributed by atoms with E-state index in [2.05, 4.69) is 14.7 Å². The van der Waals surface area contributed by atoms with Gasteiger partial charge >= 0.3 is 0 Å². The van der Waals surface area contributed by atoms with Crippen LogP contribution in [0.15, 0.2) is 54.0 Å². The van der Waals surface area contributed by atoms with Gasteiger partial charge in [0.05, 0.1) is 22.5 Å². The van der Waals surface area contributed by atoms with Gasteiger partial charge < -0.3 is 10.1 Å². The molecule has 0 aliphatic rings. The molecule has 1 amide bonds. The molecule has 0 aliphatic carbocycles. The Labute approximate surface area is 197 Å². The van der Waals surface area contributed by atoms with Crippen molar-refractivity contribution in [1.82, 2.24) is 14.4 Å². The molecule has 0 bridgehead atoms. The van der Waals surface area contributed by atoms with Crippen LogP contribution in [0.5, 0.6) is 5.75 Å². The highest BCUT2D eigenvalue weighted by Gasteiger charge is 2.13. The zero-order chi connectivity index (χ0) is 22.1. The maximum absolute atomic E-state index is 12.5. The molecule has 32 heavy (non-hydrogen) atoms. The number of aryl methyl sites for hydroxylation is 1. The van der Waals surface area contributed by atoms with Crippen molar-refractivity contribution in [1.29, 1.82) is 0 Å². The summed E-state index contributed by atoms with van der Waals surface area (Å²) in [5, 5.41) is 6.27. The predicted molar refractivity (Wildman–Crippen MR) is 131 cm³/mol. The fourth-order valence-corrected chi connectivity index (χ4v) is 5.35.